The van der Waals surface area contributed by atoms with Crippen molar-refractivity contribution >= 4 is 28.7 Å². The van der Waals surface area contributed by atoms with Crippen LogP contribution in [-0.4, -0.2) is 55.7 Å². The number of anilines is 1. The number of aromatic nitrogens is 4. The summed E-state index contributed by atoms with van der Waals surface area (Å²) in [6.45, 7) is 3.72. The van der Waals surface area contributed by atoms with Crippen molar-refractivity contribution in [2.45, 2.75) is 38.9 Å². The number of hydrogen-bond donors (Lipinski definition) is 1. The number of amides is 1. The first kappa shape index (κ1) is 26.3. The van der Waals surface area contributed by atoms with E-state index in [1.165, 1.54) is 19.1 Å². The fourth-order valence-electron chi connectivity index (χ4n) is 4.60. The van der Waals surface area contributed by atoms with E-state index in [-0.39, 0.29) is 18.2 Å². The Morgan fingerprint density at radius 2 is 1.90 bits per heavy atom. The summed E-state index contributed by atoms with van der Waals surface area (Å²) < 4.78 is 40.7. The first-order valence-electron chi connectivity index (χ1n) is 12.7. The molecule has 1 aliphatic heterocycles. The maximum absolute atomic E-state index is 13.0. The minimum absolute atomic E-state index is 0.0833. The van der Waals surface area contributed by atoms with Gasteiger partial charge in [-0.3, -0.25) is 9.59 Å². The van der Waals surface area contributed by atoms with Crippen molar-refractivity contribution in [1.82, 2.24) is 24.4 Å². The molecule has 5 rings (SSSR count). The number of halogens is 3. The van der Waals surface area contributed by atoms with Gasteiger partial charge in [0.25, 0.3) is 0 Å². The van der Waals surface area contributed by atoms with Gasteiger partial charge in [-0.2, -0.15) is 13.2 Å². The van der Waals surface area contributed by atoms with Crippen LogP contribution in [-0.2, 0) is 17.5 Å². The van der Waals surface area contributed by atoms with Gasteiger partial charge in [0, 0.05) is 37.2 Å². The quantitative estimate of drug-likeness (QED) is 0.234. The van der Waals surface area contributed by atoms with Crippen LogP contribution in [0.2, 0.25) is 0 Å². The summed E-state index contributed by atoms with van der Waals surface area (Å²) in [6, 6.07) is 12.0. The second-order valence-electron chi connectivity index (χ2n) is 9.54. The van der Waals surface area contributed by atoms with Crippen LogP contribution in [0.3, 0.4) is 0 Å². The van der Waals surface area contributed by atoms with Gasteiger partial charge in [-0.05, 0) is 43.5 Å². The molecule has 1 fully saturated rings. The van der Waals surface area contributed by atoms with E-state index in [4.69, 9.17) is 9.97 Å². The summed E-state index contributed by atoms with van der Waals surface area (Å²) in [4.78, 5) is 39.6. The third kappa shape index (κ3) is 5.92. The molecule has 2 aromatic carbocycles. The summed E-state index contributed by atoms with van der Waals surface area (Å²) in [6.07, 6.45) is -0.615. The Hall–Kier alpha value is -4.28. The molecule has 0 atom stereocenters. The van der Waals surface area contributed by atoms with E-state index in [2.05, 4.69) is 10.3 Å². The van der Waals surface area contributed by atoms with E-state index in [1.54, 1.807) is 29.1 Å². The van der Waals surface area contributed by atoms with Gasteiger partial charge in [0.15, 0.2) is 23.1 Å². The number of imidazole rings is 1. The number of hydrogen-bond acceptors (Lipinski definition) is 6. The fourth-order valence-corrected chi connectivity index (χ4v) is 4.60. The van der Waals surface area contributed by atoms with Crippen molar-refractivity contribution in [3.05, 3.63) is 71.5 Å². The van der Waals surface area contributed by atoms with E-state index in [0.717, 1.165) is 31.5 Å². The lowest BCUT2D eigenvalue weighted by molar-refractivity contribution is -0.137. The van der Waals surface area contributed by atoms with Crippen molar-refractivity contribution in [2.24, 2.45) is 0 Å². The molecule has 11 heteroatoms. The van der Waals surface area contributed by atoms with Gasteiger partial charge in [-0.1, -0.05) is 30.3 Å². The molecule has 3 heterocycles. The van der Waals surface area contributed by atoms with Gasteiger partial charge in [0.1, 0.15) is 5.52 Å². The predicted octanol–water partition coefficient (Wildman–Crippen LogP) is 5.19. The minimum Gasteiger partial charge on any atom is -0.368 e. The molecule has 4 aromatic rings. The second-order valence-corrected chi connectivity index (χ2v) is 9.54. The van der Waals surface area contributed by atoms with Gasteiger partial charge in [-0.15, -0.1) is 0 Å². The van der Waals surface area contributed by atoms with Crippen molar-refractivity contribution in [2.75, 3.05) is 25.0 Å². The number of fused-ring (bicyclic) bond motifs is 1. The lowest BCUT2D eigenvalue weighted by atomic mass is 10.1. The number of rotatable bonds is 9. The van der Waals surface area contributed by atoms with E-state index >= 15 is 0 Å². The molecule has 1 amide bonds. The smallest absolute Gasteiger partial charge is 0.368 e. The topological polar surface area (TPSA) is 93.0 Å². The number of nitrogens with zero attached hydrogens (tertiary/aromatic N) is 5. The van der Waals surface area contributed by atoms with E-state index in [9.17, 15) is 22.8 Å². The summed E-state index contributed by atoms with van der Waals surface area (Å²) in [5.41, 5.74) is 2.15. The highest BCUT2D eigenvalue weighted by molar-refractivity contribution is 5.95. The number of Topliss-reactive ketones (excluding diaryl/α,β-unsaturated/α-hetero) is 1. The van der Waals surface area contributed by atoms with Crippen LogP contribution in [0, 0.1) is 0 Å². The third-order valence-electron chi connectivity index (χ3n) is 6.69. The standard InChI is InChI=1S/C28H27F3N6O2/c1-18(38)20-5-2-6-21(15-20)25-34-26(32-12-4-14-36-13-3-7-23(36)39)24-27(35-25)37(17-33-24)16-19-8-10-22(11-9-19)28(29,30)31/h2,5-6,8-11,15,17H,3-4,7,12-14,16H2,1H3,(H,32,34,35). The Balaban J connectivity index is 1.45. The van der Waals surface area contributed by atoms with Crippen LogP contribution in [0.15, 0.2) is 54.9 Å². The summed E-state index contributed by atoms with van der Waals surface area (Å²) >= 11 is 0. The SMILES string of the molecule is CC(=O)c1cccc(-c2nc(NCCCN3CCCC3=O)c3ncn(Cc4ccc(C(F)(F)F)cc4)c3n2)c1. The number of benzene rings is 2. The second kappa shape index (κ2) is 10.8. The molecule has 0 spiro atoms. The van der Waals surface area contributed by atoms with E-state index < -0.39 is 11.7 Å². The average Bonchev–Trinajstić information content (AvgIpc) is 3.52. The van der Waals surface area contributed by atoms with E-state index in [0.29, 0.717) is 59.0 Å². The molecule has 0 bridgehead atoms. The predicted molar refractivity (Wildman–Crippen MR) is 140 cm³/mol. The van der Waals surface area contributed by atoms with Crippen LogP contribution in [0.25, 0.3) is 22.6 Å². The number of carbonyl (C=O) groups is 2. The van der Waals surface area contributed by atoms with Crippen molar-refractivity contribution in [1.29, 1.82) is 0 Å². The molecule has 2 aromatic heterocycles. The zero-order chi connectivity index (χ0) is 27.6. The van der Waals surface area contributed by atoms with Gasteiger partial charge in [0.05, 0.1) is 18.4 Å². The summed E-state index contributed by atoms with van der Waals surface area (Å²) in [5, 5.41) is 3.32. The Bertz CT molecular complexity index is 1510. The molecule has 202 valence electrons. The molecule has 8 nitrogen and oxygen atoms in total. The highest BCUT2D eigenvalue weighted by atomic mass is 19.4. The molecule has 1 N–H and O–H groups in total. The highest BCUT2D eigenvalue weighted by Crippen LogP contribution is 2.30. The Labute approximate surface area is 222 Å². The first-order chi connectivity index (χ1) is 18.7. The maximum Gasteiger partial charge on any atom is 0.416 e. The molecule has 0 unspecified atom stereocenters. The highest BCUT2D eigenvalue weighted by Gasteiger charge is 2.30. The summed E-state index contributed by atoms with van der Waals surface area (Å²) in [7, 11) is 0. The van der Waals surface area contributed by atoms with E-state index in [1.807, 2.05) is 11.0 Å². The van der Waals surface area contributed by atoms with Crippen LogP contribution < -0.4 is 5.32 Å². The van der Waals surface area contributed by atoms with Gasteiger partial charge < -0.3 is 14.8 Å². The van der Waals surface area contributed by atoms with Crippen molar-refractivity contribution in [3.63, 3.8) is 0 Å². The fraction of sp³-hybridized carbons (Fsp3) is 0.321. The van der Waals surface area contributed by atoms with Crippen LogP contribution in [0.5, 0.6) is 0 Å². The molecular formula is C28H27F3N6O2. The Morgan fingerprint density at radius 3 is 2.59 bits per heavy atom. The van der Waals surface area contributed by atoms with Crippen LogP contribution >= 0.6 is 0 Å². The van der Waals surface area contributed by atoms with Crippen molar-refractivity contribution < 1.29 is 22.8 Å². The van der Waals surface area contributed by atoms with Crippen LogP contribution in [0.4, 0.5) is 19.0 Å². The normalized spacial score (nSPS) is 13.8. The summed E-state index contributed by atoms with van der Waals surface area (Å²) in [5.74, 6) is 0.980. The monoisotopic (exact) mass is 536 g/mol. The Kier molecular flexibility index (Phi) is 7.32. The number of nitrogens with one attached hydrogen (secondary N) is 1. The molecular weight excluding hydrogens is 509 g/mol. The molecule has 39 heavy (non-hydrogen) atoms. The van der Waals surface area contributed by atoms with Gasteiger partial charge in [-0.25, -0.2) is 15.0 Å². The lowest BCUT2D eigenvalue weighted by Gasteiger charge is -2.15. The van der Waals surface area contributed by atoms with Crippen LogP contribution in [0.1, 0.15) is 47.7 Å². The molecule has 1 saturated heterocycles. The number of carbonyl (C=O) groups excluding carboxylic acids is 2. The zero-order valence-electron chi connectivity index (χ0n) is 21.3. The largest absolute Gasteiger partial charge is 0.416 e. The molecule has 0 aliphatic carbocycles. The number of ketones is 1. The maximum atomic E-state index is 13.0. The Morgan fingerprint density at radius 1 is 1.10 bits per heavy atom. The minimum atomic E-state index is -4.40. The number of alkyl halides is 3. The molecule has 0 radical (unpaired) electrons. The zero-order valence-corrected chi connectivity index (χ0v) is 21.3. The lowest BCUT2D eigenvalue weighted by Crippen LogP contribution is -2.27. The first-order valence-corrected chi connectivity index (χ1v) is 12.7. The number of likely N-dealkylation sites (tertiary alicyclic amines) is 1. The molecule has 1 aliphatic rings. The van der Waals surface area contributed by atoms with Crippen molar-refractivity contribution in [3.8, 4) is 11.4 Å². The average molecular weight is 537 g/mol. The van der Waals surface area contributed by atoms with Gasteiger partial charge in [0.2, 0.25) is 5.91 Å². The van der Waals surface area contributed by atoms with Gasteiger partial charge >= 0.3 is 6.18 Å². The molecule has 0 saturated carbocycles. The third-order valence-corrected chi connectivity index (χ3v) is 6.69.